The summed E-state index contributed by atoms with van der Waals surface area (Å²) in [5, 5.41) is 0.719. The van der Waals surface area contributed by atoms with Crippen LogP contribution < -0.4 is 4.74 Å². The lowest BCUT2D eigenvalue weighted by Gasteiger charge is -2.11. The molecule has 0 fully saturated rings. The number of ether oxygens (including phenoxy) is 1. The van der Waals surface area contributed by atoms with E-state index in [4.69, 9.17) is 16.3 Å². The first-order valence-electron chi connectivity index (χ1n) is 3.98. The first-order chi connectivity index (χ1) is 5.65. The maximum Gasteiger partial charge on any atom is 0.123 e. The molecule has 0 spiro atoms. The van der Waals surface area contributed by atoms with Gasteiger partial charge >= 0.3 is 0 Å². The van der Waals surface area contributed by atoms with E-state index in [9.17, 15) is 0 Å². The Hall–Kier alpha value is -0.690. The SMILES string of the molecule is COc1cc(Cl)ccc1C(C)C. The van der Waals surface area contributed by atoms with Gasteiger partial charge in [0.2, 0.25) is 0 Å². The summed E-state index contributed by atoms with van der Waals surface area (Å²) in [6, 6.07) is 5.74. The summed E-state index contributed by atoms with van der Waals surface area (Å²) in [6.45, 7) is 4.26. The van der Waals surface area contributed by atoms with Crippen molar-refractivity contribution in [3.63, 3.8) is 0 Å². The lowest BCUT2D eigenvalue weighted by Crippen LogP contribution is -1.93. The molecule has 0 radical (unpaired) electrons. The molecule has 0 aliphatic rings. The molecule has 0 aliphatic heterocycles. The van der Waals surface area contributed by atoms with Crippen LogP contribution in [0.2, 0.25) is 5.02 Å². The molecule has 0 atom stereocenters. The van der Waals surface area contributed by atoms with Gasteiger partial charge in [-0.25, -0.2) is 0 Å². The predicted octanol–water partition coefficient (Wildman–Crippen LogP) is 3.47. The highest BCUT2D eigenvalue weighted by Crippen LogP contribution is 2.28. The molecule has 0 heterocycles. The van der Waals surface area contributed by atoms with Crippen LogP contribution in [0.1, 0.15) is 25.3 Å². The van der Waals surface area contributed by atoms with Crippen LogP contribution in [-0.2, 0) is 0 Å². The summed E-state index contributed by atoms with van der Waals surface area (Å²) < 4.78 is 5.20. The van der Waals surface area contributed by atoms with Gasteiger partial charge in [-0.05, 0) is 23.6 Å². The molecular formula is C10H13ClO. The summed E-state index contributed by atoms with van der Waals surface area (Å²) in [4.78, 5) is 0. The molecule has 12 heavy (non-hydrogen) atoms. The molecule has 1 aromatic carbocycles. The molecule has 0 unspecified atom stereocenters. The van der Waals surface area contributed by atoms with Crippen molar-refractivity contribution in [3.8, 4) is 5.75 Å². The van der Waals surface area contributed by atoms with Gasteiger partial charge in [0, 0.05) is 5.02 Å². The zero-order valence-corrected chi connectivity index (χ0v) is 8.35. The monoisotopic (exact) mass is 184 g/mol. The Morgan fingerprint density at radius 1 is 1.33 bits per heavy atom. The first kappa shape index (κ1) is 9.40. The van der Waals surface area contributed by atoms with E-state index in [1.54, 1.807) is 7.11 Å². The van der Waals surface area contributed by atoms with Crippen LogP contribution in [0.25, 0.3) is 0 Å². The number of rotatable bonds is 2. The molecular weight excluding hydrogens is 172 g/mol. The molecule has 0 saturated heterocycles. The van der Waals surface area contributed by atoms with Gasteiger partial charge in [-0.1, -0.05) is 31.5 Å². The van der Waals surface area contributed by atoms with Crippen molar-refractivity contribution < 1.29 is 4.74 Å². The van der Waals surface area contributed by atoms with E-state index in [-0.39, 0.29) is 0 Å². The molecule has 0 amide bonds. The van der Waals surface area contributed by atoms with Crippen LogP contribution in [0.4, 0.5) is 0 Å². The third-order valence-electron chi connectivity index (χ3n) is 1.82. The predicted molar refractivity (Wildman–Crippen MR) is 52.1 cm³/mol. The molecule has 66 valence electrons. The van der Waals surface area contributed by atoms with Crippen molar-refractivity contribution in [2.45, 2.75) is 19.8 Å². The van der Waals surface area contributed by atoms with Crippen LogP contribution in [0.5, 0.6) is 5.75 Å². The van der Waals surface area contributed by atoms with Crippen LogP contribution in [-0.4, -0.2) is 7.11 Å². The highest BCUT2D eigenvalue weighted by molar-refractivity contribution is 6.30. The van der Waals surface area contributed by atoms with Gasteiger partial charge in [-0.15, -0.1) is 0 Å². The van der Waals surface area contributed by atoms with Gasteiger partial charge in [0.15, 0.2) is 0 Å². The van der Waals surface area contributed by atoms with Crippen LogP contribution in [0.3, 0.4) is 0 Å². The average molecular weight is 185 g/mol. The lowest BCUT2D eigenvalue weighted by atomic mass is 10.0. The molecule has 0 aliphatic carbocycles. The van der Waals surface area contributed by atoms with Gasteiger partial charge < -0.3 is 4.74 Å². The minimum absolute atomic E-state index is 0.470. The molecule has 0 aromatic heterocycles. The molecule has 1 rings (SSSR count). The van der Waals surface area contributed by atoms with E-state index in [0.717, 1.165) is 10.8 Å². The van der Waals surface area contributed by atoms with Gasteiger partial charge in [0.1, 0.15) is 5.75 Å². The number of halogens is 1. The van der Waals surface area contributed by atoms with E-state index in [0.29, 0.717) is 5.92 Å². The second-order valence-electron chi connectivity index (χ2n) is 3.04. The minimum atomic E-state index is 0.470. The summed E-state index contributed by atoms with van der Waals surface area (Å²) in [5.74, 6) is 1.34. The van der Waals surface area contributed by atoms with Crippen molar-refractivity contribution >= 4 is 11.6 Å². The molecule has 0 N–H and O–H groups in total. The fourth-order valence-corrected chi connectivity index (χ4v) is 1.32. The quantitative estimate of drug-likeness (QED) is 0.684. The number of methoxy groups -OCH3 is 1. The number of hydrogen-bond donors (Lipinski definition) is 0. The van der Waals surface area contributed by atoms with E-state index in [2.05, 4.69) is 13.8 Å². The molecule has 0 bridgehead atoms. The summed E-state index contributed by atoms with van der Waals surface area (Å²) in [5.41, 5.74) is 1.20. The standard InChI is InChI=1S/C10H13ClO/c1-7(2)9-5-4-8(11)6-10(9)12-3/h4-7H,1-3H3. The van der Waals surface area contributed by atoms with E-state index >= 15 is 0 Å². The Morgan fingerprint density at radius 2 is 2.00 bits per heavy atom. The maximum absolute atomic E-state index is 5.82. The summed E-state index contributed by atoms with van der Waals surface area (Å²) >= 11 is 5.82. The van der Waals surface area contributed by atoms with Crippen molar-refractivity contribution in [1.29, 1.82) is 0 Å². The maximum atomic E-state index is 5.82. The zero-order chi connectivity index (χ0) is 9.14. The fraction of sp³-hybridized carbons (Fsp3) is 0.400. The van der Waals surface area contributed by atoms with Gasteiger partial charge in [-0.3, -0.25) is 0 Å². The van der Waals surface area contributed by atoms with E-state index in [1.807, 2.05) is 18.2 Å². The molecule has 0 saturated carbocycles. The molecule has 1 aromatic rings. The van der Waals surface area contributed by atoms with Gasteiger partial charge in [-0.2, -0.15) is 0 Å². The molecule has 1 nitrogen and oxygen atoms in total. The van der Waals surface area contributed by atoms with Crippen LogP contribution >= 0.6 is 11.6 Å². The summed E-state index contributed by atoms with van der Waals surface area (Å²) in [7, 11) is 1.66. The van der Waals surface area contributed by atoms with E-state index < -0.39 is 0 Å². The van der Waals surface area contributed by atoms with Crippen LogP contribution in [0.15, 0.2) is 18.2 Å². The second kappa shape index (κ2) is 3.81. The van der Waals surface area contributed by atoms with Gasteiger partial charge in [0.25, 0.3) is 0 Å². The minimum Gasteiger partial charge on any atom is -0.496 e. The third kappa shape index (κ3) is 1.92. The highest BCUT2D eigenvalue weighted by atomic mass is 35.5. The largest absolute Gasteiger partial charge is 0.496 e. The third-order valence-corrected chi connectivity index (χ3v) is 2.05. The number of hydrogen-bond acceptors (Lipinski definition) is 1. The molecule has 2 heteroatoms. The second-order valence-corrected chi connectivity index (χ2v) is 3.48. The van der Waals surface area contributed by atoms with Crippen molar-refractivity contribution in [1.82, 2.24) is 0 Å². The topological polar surface area (TPSA) is 9.23 Å². The highest BCUT2D eigenvalue weighted by Gasteiger charge is 2.06. The number of benzene rings is 1. The zero-order valence-electron chi connectivity index (χ0n) is 7.60. The Labute approximate surface area is 78.3 Å². The smallest absolute Gasteiger partial charge is 0.123 e. The van der Waals surface area contributed by atoms with Crippen molar-refractivity contribution in [2.24, 2.45) is 0 Å². The lowest BCUT2D eigenvalue weighted by molar-refractivity contribution is 0.407. The average Bonchev–Trinajstić information content (AvgIpc) is 2.03. The van der Waals surface area contributed by atoms with E-state index in [1.165, 1.54) is 5.56 Å². The van der Waals surface area contributed by atoms with Crippen molar-refractivity contribution in [3.05, 3.63) is 28.8 Å². The Balaban J connectivity index is 3.11. The van der Waals surface area contributed by atoms with Gasteiger partial charge in [0.05, 0.1) is 7.11 Å². The summed E-state index contributed by atoms with van der Waals surface area (Å²) in [6.07, 6.45) is 0. The normalized spacial score (nSPS) is 10.4. The first-order valence-corrected chi connectivity index (χ1v) is 4.36. The fourth-order valence-electron chi connectivity index (χ4n) is 1.16. The Kier molecular flexibility index (Phi) is 2.99. The van der Waals surface area contributed by atoms with Crippen molar-refractivity contribution in [2.75, 3.05) is 7.11 Å². The Morgan fingerprint density at radius 3 is 2.50 bits per heavy atom. The van der Waals surface area contributed by atoms with Crippen LogP contribution in [0, 0.1) is 0 Å². The Bertz CT molecular complexity index is 269.